The summed E-state index contributed by atoms with van der Waals surface area (Å²) in [7, 11) is 1.55. The molecule has 0 radical (unpaired) electrons. The minimum Gasteiger partial charge on any atom is -0.497 e. The Morgan fingerprint density at radius 2 is 1.70 bits per heavy atom. The minimum atomic E-state index is -2.06. The molecule has 2 saturated heterocycles. The van der Waals surface area contributed by atoms with E-state index in [1.54, 1.807) is 62.6 Å². The highest BCUT2D eigenvalue weighted by molar-refractivity contribution is 5.89. The molecule has 4 unspecified atom stereocenters. The van der Waals surface area contributed by atoms with E-state index in [0.29, 0.717) is 29.2 Å². The van der Waals surface area contributed by atoms with Crippen LogP contribution in [0.1, 0.15) is 31.1 Å². The second kappa shape index (κ2) is 7.81. The second-order valence-electron chi connectivity index (χ2n) is 7.97. The van der Waals surface area contributed by atoms with Crippen molar-refractivity contribution in [1.82, 2.24) is 0 Å². The Morgan fingerprint density at radius 1 is 1.03 bits per heavy atom. The first-order valence-corrected chi connectivity index (χ1v) is 10.5. The third kappa shape index (κ3) is 2.67. The number of rotatable bonds is 5. The number of methoxy groups -OCH3 is 1. The van der Waals surface area contributed by atoms with E-state index in [1.807, 2.05) is 19.1 Å². The lowest BCUT2D eigenvalue weighted by Gasteiger charge is -2.49. The SMILES string of the molecule is CCOc1ccccc1C1OC2(c3ccc(OC)cc3)OC(=N)C(C#N)(C2C)C1(C#N)C#N. The van der Waals surface area contributed by atoms with Crippen LogP contribution in [-0.2, 0) is 15.3 Å². The lowest BCUT2D eigenvalue weighted by Crippen LogP contribution is -2.57. The molecule has 4 atom stereocenters. The van der Waals surface area contributed by atoms with Crippen molar-refractivity contribution in [3.63, 3.8) is 0 Å². The predicted molar refractivity (Wildman–Crippen MR) is 116 cm³/mol. The van der Waals surface area contributed by atoms with E-state index >= 15 is 0 Å². The van der Waals surface area contributed by atoms with Crippen LogP contribution < -0.4 is 9.47 Å². The standard InChI is InChI=1S/C25H22N4O4/c1-4-31-20-8-6-5-7-19(20)21-23(13-26,14-27)24(15-28)16(2)25(32-21,33-22(24)29)17-9-11-18(30-3)12-10-17/h5-12,16,21,29H,4H2,1-3H3. The molecule has 0 spiro atoms. The molecule has 2 bridgehead atoms. The van der Waals surface area contributed by atoms with Crippen LogP contribution in [0, 0.1) is 56.2 Å². The molecule has 2 aliphatic heterocycles. The first kappa shape index (κ1) is 22.1. The van der Waals surface area contributed by atoms with E-state index in [-0.39, 0.29) is 0 Å². The largest absolute Gasteiger partial charge is 0.497 e. The summed E-state index contributed by atoms with van der Waals surface area (Å²) in [4.78, 5) is 0. The smallest absolute Gasteiger partial charge is 0.244 e. The number of hydrogen-bond donors (Lipinski definition) is 1. The number of para-hydroxylation sites is 1. The number of benzene rings is 2. The maximum Gasteiger partial charge on any atom is 0.244 e. The number of fused-ring (bicyclic) bond motifs is 2. The maximum absolute atomic E-state index is 10.4. The van der Waals surface area contributed by atoms with E-state index in [2.05, 4.69) is 6.07 Å². The van der Waals surface area contributed by atoms with Crippen LogP contribution >= 0.6 is 0 Å². The number of hydrogen-bond acceptors (Lipinski definition) is 8. The monoisotopic (exact) mass is 442 g/mol. The van der Waals surface area contributed by atoms with Gasteiger partial charge in [0.1, 0.15) is 17.6 Å². The highest BCUT2D eigenvalue weighted by atomic mass is 16.7. The van der Waals surface area contributed by atoms with Crippen LogP contribution in [0.2, 0.25) is 0 Å². The molecule has 2 aliphatic rings. The Balaban J connectivity index is 2.02. The van der Waals surface area contributed by atoms with Gasteiger partial charge < -0.3 is 18.9 Å². The lowest BCUT2D eigenvalue weighted by molar-refractivity contribution is -0.288. The van der Waals surface area contributed by atoms with Gasteiger partial charge in [0.05, 0.1) is 37.8 Å². The summed E-state index contributed by atoms with van der Waals surface area (Å²) in [5.41, 5.74) is -2.96. The normalized spacial score (nSPS) is 29.2. The van der Waals surface area contributed by atoms with Gasteiger partial charge in [-0.05, 0) is 37.3 Å². The molecule has 4 rings (SSSR count). The highest BCUT2D eigenvalue weighted by Gasteiger charge is 2.80. The third-order valence-corrected chi connectivity index (χ3v) is 6.66. The van der Waals surface area contributed by atoms with Gasteiger partial charge in [0.2, 0.25) is 17.1 Å². The van der Waals surface area contributed by atoms with Crippen molar-refractivity contribution in [1.29, 1.82) is 21.2 Å². The number of nitrogens with zero attached hydrogens (tertiary/aromatic N) is 3. The maximum atomic E-state index is 10.4. The Morgan fingerprint density at radius 3 is 2.27 bits per heavy atom. The molecule has 0 saturated carbocycles. The van der Waals surface area contributed by atoms with Crippen molar-refractivity contribution in [3.8, 4) is 29.7 Å². The molecular formula is C25H22N4O4. The molecule has 8 heteroatoms. The third-order valence-electron chi connectivity index (χ3n) is 6.66. The molecule has 1 N–H and O–H groups in total. The average Bonchev–Trinajstić information content (AvgIpc) is 3.01. The summed E-state index contributed by atoms with van der Waals surface area (Å²) < 4.78 is 23.5. The molecule has 2 heterocycles. The first-order valence-electron chi connectivity index (χ1n) is 10.5. The molecule has 2 aromatic carbocycles. The van der Waals surface area contributed by atoms with Crippen molar-refractivity contribution in [3.05, 3.63) is 59.7 Å². The number of nitriles is 3. The Kier molecular flexibility index (Phi) is 5.24. The number of ether oxygens (including phenoxy) is 4. The van der Waals surface area contributed by atoms with E-state index in [4.69, 9.17) is 24.4 Å². The van der Waals surface area contributed by atoms with Crippen molar-refractivity contribution < 1.29 is 18.9 Å². The fraction of sp³-hybridized carbons (Fsp3) is 0.360. The van der Waals surface area contributed by atoms with E-state index in [0.717, 1.165) is 0 Å². The summed E-state index contributed by atoms with van der Waals surface area (Å²) in [5, 5.41) is 39.8. The lowest BCUT2D eigenvalue weighted by atomic mass is 9.53. The van der Waals surface area contributed by atoms with Crippen LogP contribution in [-0.4, -0.2) is 19.6 Å². The van der Waals surface area contributed by atoms with Crippen LogP contribution in [0.25, 0.3) is 0 Å². The van der Waals surface area contributed by atoms with E-state index < -0.39 is 34.5 Å². The Hall–Kier alpha value is -4.06. The summed E-state index contributed by atoms with van der Waals surface area (Å²) in [6.07, 6.45) is -1.23. The molecule has 0 aromatic heterocycles. The van der Waals surface area contributed by atoms with E-state index in [9.17, 15) is 15.8 Å². The summed E-state index contributed by atoms with van der Waals surface area (Å²) in [5.74, 6) is -1.84. The summed E-state index contributed by atoms with van der Waals surface area (Å²) in [6.45, 7) is 3.84. The van der Waals surface area contributed by atoms with E-state index in [1.165, 1.54) is 0 Å². The predicted octanol–water partition coefficient (Wildman–Crippen LogP) is 4.21. The summed E-state index contributed by atoms with van der Waals surface area (Å²) in [6, 6.07) is 20.1. The Bertz CT molecular complexity index is 1210. The fourth-order valence-electron chi connectivity index (χ4n) is 4.95. The molecule has 166 valence electrons. The van der Waals surface area contributed by atoms with Gasteiger partial charge in [-0.25, -0.2) is 0 Å². The quantitative estimate of drug-likeness (QED) is 0.733. The van der Waals surface area contributed by atoms with Crippen LogP contribution in [0.5, 0.6) is 11.5 Å². The molecule has 2 fully saturated rings. The van der Waals surface area contributed by atoms with Crippen molar-refractivity contribution in [2.45, 2.75) is 25.7 Å². The fourth-order valence-corrected chi connectivity index (χ4v) is 4.95. The minimum absolute atomic E-state index is 0.353. The van der Waals surface area contributed by atoms with Gasteiger partial charge in [0, 0.05) is 11.1 Å². The molecule has 0 amide bonds. The van der Waals surface area contributed by atoms with Gasteiger partial charge in [0.25, 0.3) is 0 Å². The van der Waals surface area contributed by atoms with Crippen LogP contribution in [0.3, 0.4) is 0 Å². The highest BCUT2D eigenvalue weighted by Crippen LogP contribution is 2.69. The van der Waals surface area contributed by atoms with Crippen molar-refractivity contribution in [2.75, 3.05) is 13.7 Å². The average molecular weight is 442 g/mol. The van der Waals surface area contributed by atoms with Gasteiger partial charge in [0.15, 0.2) is 5.41 Å². The van der Waals surface area contributed by atoms with Crippen LogP contribution in [0.15, 0.2) is 48.5 Å². The molecule has 0 aliphatic carbocycles. The topological polar surface area (TPSA) is 132 Å². The van der Waals surface area contributed by atoms with Gasteiger partial charge in [-0.1, -0.05) is 25.1 Å². The first-order chi connectivity index (χ1) is 15.9. The van der Waals surface area contributed by atoms with Gasteiger partial charge in [-0.15, -0.1) is 0 Å². The molecule has 2 aromatic rings. The number of nitrogens with one attached hydrogen (secondary N) is 1. The van der Waals surface area contributed by atoms with Crippen LogP contribution in [0.4, 0.5) is 0 Å². The van der Waals surface area contributed by atoms with Gasteiger partial charge in [-0.3, -0.25) is 5.41 Å². The Labute approximate surface area is 192 Å². The van der Waals surface area contributed by atoms with Crippen molar-refractivity contribution in [2.24, 2.45) is 16.7 Å². The van der Waals surface area contributed by atoms with Gasteiger partial charge in [-0.2, -0.15) is 15.8 Å². The molecule has 8 nitrogen and oxygen atoms in total. The van der Waals surface area contributed by atoms with Gasteiger partial charge >= 0.3 is 0 Å². The molecule has 33 heavy (non-hydrogen) atoms. The second-order valence-corrected chi connectivity index (χ2v) is 7.97. The zero-order valence-electron chi connectivity index (χ0n) is 18.5. The summed E-state index contributed by atoms with van der Waals surface area (Å²) >= 11 is 0. The van der Waals surface area contributed by atoms with Crippen molar-refractivity contribution >= 4 is 5.90 Å². The zero-order chi connectivity index (χ0) is 23.9. The zero-order valence-corrected chi connectivity index (χ0v) is 18.5. The molecular weight excluding hydrogens is 420 g/mol.